The standard InChI is InChI=1S/C16H16ClFN6O2.ClH/c17-8-6-9(22-13-10(18)12(19)20-7-21-13)15(26)24-11(8)14(25)23-16(24)4-2-1-3-5-16;/h6-7H,1-5H2,(H,23,25)(H3,19,20,21,22);1H. The van der Waals surface area contributed by atoms with Gasteiger partial charge in [0.1, 0.15) is 23.4 Å². The van der Waals surface area contributed by atoms with Crippen molar-refractivity contribution in [1.29, 1.82) is 0 Å². The fraction of sp³-hybridized carbons (Fsp3) is 0.375. The maximum atomic E-state index is 14.1. The van der Waals surface area contributed by atoms with Crippen LogP contribution >= 0.6 is 24.0 Å². The minimum atomic E-state index is -0.866. The monoisotopic (exact) mass is 414 g/mol. The molecule has 4 N–H and O–H groups in total. The van der Waals surface area contributed by atoms with Crippen molar-refractivity contribution in [3.8, 4) is 0 Å². The number of hydrogen-bond donors (Lipinski definition) is 3. The number of nitrogen functional groups attached to an aromatic ring is 1. The van der Waals surface area contributed by atoms with Gasteiger partial charge in [0.05, 0.1) is 5.02 Å². The third-order valence-electron chi connectivity index (χ3n) is 4.89. The second-order valence-corrected chi connectivity index (χ2v) is 6.90. The van der Waals surface area contributed by atoms with Crippen LogP contribution in [0.3, 0.4) is 0 Å². The Balaban J connectivity index is 0.00000210. The average molecular weight is 415 g/mol. The highest BCUT2D eigenvalue weighted by Crippen LogP contribution is 2.38. The third kappa shape index (κ3) is 3.00. The van der Waals surface area contributed by atoms with Crippen LogP contribution in [-0.2, 0) is 5.66 Å². The number of nitrogens with one attached hydrogen (secondary N) is 2. The number of rotatable bonds is 2. The number of carbonyl (C=O) groups is 1. The molecule has 2 aliphatic rings. The van der Waals surface area contributed by atoms with Crippen LogP contribution in [0, 0.1) is 5.82 Å². The number of carbonyl (C=O) groups excluding carboxylic acids is 1. The first-order valence-corrected chi connectivity index (χ1v) is 8.62. The van der Waals surface area contributed by atoms with Crippen LogP contribution in [0.25, 0.3) is 0 Å². The van der Waals surface area contributed by atoms with Gasteiger partial charge in [0.2, 0.25) is 5.82 Å². The number of amides is 1. The molecule has 0 saturated heterocycles. The fourth-order valence-corrected chi connectivity index (χ4v) is 3.98. The van der Waals surface area contributed by atoms with Crippen LogP contribution in [0.5, 0.6) is 0 Å². The Morgan fingerprint density at radius 1 is 1.26 bits per heavy atom. The van der Waals surface area contributed by atoms with Gasteiger partial charge < -0.3 is 16.4 Å². The highest BCUT2D eigenvalue weighted by atomic mass is 35.5. The lowest BCUT2D eigenvalue weighted by molar-refractivity contribution is 0.0877. The zero-order chi connectivity index (χ0) is 18.5. The van der Waals surface area contributed by atoms with E-state index in [1.54, 1.807) is 0 Å². The van der Waals surface area contributed by atoms with E-state index in [0.29, 0.717) is 12.8 Å². The minimum absolute atomic E-state index is 0. The molecule has 11 heteroatoms. The molecule has 1 saturated carbocycles. The predicted molar refractivity (Wildman–Crippen MR) is 101 cm³/mol. The quantitative estimate of drug-likeness (QED) is 0.695. The van der Waals surface area contributed by atoms with Gasteiger partial charge in [-0.15, -0.1) is 12.4 Å². The summed E-state index contributed by atoms with van der Waals surface area (Å²) in [5.41, 5.74) is 4.32. The Bertz CT molecular complexity index is 974. The largest absolute Gasteiger partial charge is 0.381 e. The Kier molecular flexibility index (Phi) is 5.00. The molecule has 0 unspecified atom stereocenters. The molecule has 27 heavy (non-hydrogen) atoms. The van der Waals surface area contributed by atoms with Crippen molar-refractivity contribution in [1.82, 2.24) is 19.9 Å². The molecule has 1 fully saturated rings. The van der Waals surface area contributed by atoms with Gasteiger partial charge in [0.25, 0.3) is 11.5 Å². The van der Waals surface area contributed by atoms with E-state index in [1.807, 2.05) is 0 Å². The number of nitrogens with zero attached hydrogens (tertiary/aromatic N) is 3. The summed E-state index contributed by atoms with van der Waals surface area (Å²) >= 11 is 6.27. The lowest BCUT2D eigenvalue weighted by atomic mass is 9.89. The predicted octanol–water partition coefficient (Wildman–Crippen LogP) is 2.54. The SMILES string of the molecule is Cl.Nc1ncnc(Nc2cc(Cl)c3n(c2=O)C2(CCCCC2)NC3=O)c1F. The van der Waals surface area contributed by atoms with E-state index >= 15 is 0 Å². The van der Waals surface area contributed by atoms with Crippen molar-refractivity contribution in [2.24, 2.45) is 0 Å². The zero-order valence-electron chi connectivity index (χ0n) is 14.1. The van der Waals surface area contributed by atoms with Crippen molar-refractivity contribution >= 4 is 47.2 Å². The molecule has 0 radical (unpaired) electrons. The number of hydrogen-bond acceptors (Lipinski definition) is 6. The lowest BCUT2D eigenvalue weighted by Gasteiger charge is -2.35. The first-order chi connectivity index (χ1) is 12.4. The molecular weight excluding hydrogens is 398 g/mol. The van der Waals surface area contributed by atoms with E-state index in [9.17, 15) is 14.0 Å². The minimum Gasteiger partial charge on any atom is -0.381 e. The number of anilines is 3. The van der Waals surface area contributed by atoms with Crippen molar-refractivity contribution in [3.63, 3.8) is 0 Å². The van der Waals surface area contributed by atoms with Crippen molar-refractivity contribution in [2.45, 2.75) is 37.8 Å². The molecule has 4 rings (SSSR count). The first-order valence-electron chi connectivity index (χ1n) is 8.24. The van der Waals surface area contributed by atoms with E-state index in [0.717, 1.165) is 25.6 Å². The summed E-state index contributed by atoms with van der Waals surface area (Å²) in [7, 11) is 0. The zero-order valence-corrected chi connectivity index (χ0v) is 15.7. The number of nitrogens with two attached hydrogens (primary N) is 1. The Morgan fingerprint density at radius 3 is 2.67 bits per heavy atom. The van der Waals surface area contributed by atoms with E-state index < -0.39 is 17.0 Å². The molecule has 1 aliphatic heterocycles. The molecule has 0 bridgehead atoms. The molecule has 0 atom stereocenters. The van der Waals surface area contributed by atoms with Gasteiger partial charge in [-0.05, 0) is 31.7 Å². The molecule has 1 aliphatic carbocycles. The molecule has 2 aromatic heterocycles. The molecule has 1 spiro atoms. The van der Waals surface area contributed by atoms with E-state index in [-0.39, 0.29) is 46.4 Å². The van der Waals surface area contributed by atoms with E-state index in [2.05, 4.69) is 20.6 Å². The fourth-order valence-electron chi connectivity index (χ4n) is 3.70. The number of fused-ring (bicyclic) bond motifs is 2. The van der Waals surface area contributed by atoms with Gasteiger partial charge in [0.15, 0.2) is 11.6 Å². The van der Waals surface area contributed by atoms with E-state index in [1.165, 1.54) is 10.6 Å². The summed E-state index contributed by atoms with van der Waals surface area (Å²) in [6.45, 7) is 0. The molecule has 3 heterocycles. The van der Waals surface area contributed by atoms with Gasteiger partial charge in [-0.25, -0.2) is 9.97 Å². The molecule has 1 amide bonds. The number of aromatic nitrogens is 3. The highest BCUT2D eigenvalue weighted by Gasteiger charge is 2.45. The van der Waals surface area contributed by atoms with Crippen molar-refractivity contribution in [3.05, 3.63) is 39.3 Å². The Hall–Kier alpha value is -2.39. The second kappa shape index (κ2) is 6.97. The summed E-state index contributed by atoms with van der Waals surface area (Å²) < 4.78 is 15.5. The number of halogens is 3. The topological polar surface area (TPSA) is 115 Å². The third-order valence-corrected chi connectivity index (χ3v) is 5.18. The van der Waals surface area contributed by atoms with Crippen LogP contribution in [0.1, 0.15) is 42.6 Å². The summed E-state index contributed by atoms with van der Waals surface area (Å²) in [5, 5.41) is 5.65. The smallest absolute Gasteiger partial charge is 0.276 e. The van der Waals surface area contributed by atoms with Crippen LogP contribution in [0.2, 0.25) is 5.02 Å². The van der Waals surface area contributed by atoms with Crippen LogP contribution in [0.4, 0.5) is 21.7 Å². The lowest BCUT2D eigenvalue weighted by Crippen LogP contribution is -2.48. The number of pyridine rings is 1. The summed E-state index contributed by atoms with van der Waals surface area (Å²) in [6.07, 6.45) is 5.18. The molecular formula is C16H17Cl2FN6O2. The first kappa shape index (κ1) is 19.4. The molecule has 144 valence electrons. The van der Waals surface area contributed by atoms with Crippen molar-refractivity contribution in [2.75, 3.05) is 11.1 Å². The Morgan fingerprint density at radius 2 is 1.96 bits per heavy atom. The van der Waals surface area contributed by atoms with Crippen LogP contribution in [-0.4, -0.2) is 20.4 Å². The van der Waals surface area contributed by atoms with Crippen molar-refractivity contribution < 1.29 is 9.18 Å². The maximum Gasteiger partial charge on any atom is 0.276 e. The summed E-state index contributed by atoms with van der Waals surface area (Å²) in [5.74, 6) is -1.82. The summed E-state index contributed by atoms with van der Waals surface area (Å²) in [6, 6.07) is 1.30. The second-order valence-electron chi connectivity index (χ2n) is 6.49. The summed E-state index contributed by atoms with van der Waals surface area (Å²) in [4.78, 5) is 32.8. The molecule has 8 nitrogen and oxygen atoms in total. The van der Waals surface area contributed by atoms with Gasteiger partial charge in [0, 0.05) is 0 Å². The van der Waals surface area contributed by atoms with Gasteiger partial charge in [-0.3, -0.25) is 14.2 Å². The van der Waals surface area contributed by atoms with Gasteiger partial charge in [-0.2, -0.15) is 4.39 Å². The van der Waals surface area contributed by atoms with Crippen LogP contribution < -0.4 is 21.9 Å². The molecule has 0 aromatic carbocycles. The average Bonchev–Trinajstić information content (AvgIpc) is 2.89. The maximum absolute atomic E-state index is 14.1. The van der Waals surface area contributed by atoms with E-state index in [4.69, 9.17) is 17.3 Å². The highest BCUT2D eigenvalue weighted by molar-refractivity contribution is 6.34. The normalized spacial score (nSPS) is 17.2. The van der Waals surface area contributed by atoms with Crippen LogP contribution in [0.15, 0.2) is 17.2 Å². The van der Waals surface area contributed by atoms with Gasteiger partial charge in [-0.1, -0.05) is 18.0 Å². The molecule has 2 aromatic rings. The Labute approximate surface area is 164 Å². The van der Waals surface area contributed by atoms with Gasteiger partial charge >= 0.3 is 0 Å².